The van der Waals surface area contributed by atoms with Gasteiger partial charge in [-0.1, -0.05) is 62.7 Å². The van der Waals surface area contributed by atoms with E-state index < -0.39 is 0 Å². The maximum absolute atomic E-state index is 14.9. The van der Waals surface area contributed by atoms with Crippen molar-refractivity contribution in [2.45, 2.75) is 100 Å². The van der Waals surface area contributed by atoms with Gasteiger partial charge in [-0.3, -0.25) is 24.1 Å². The van der Waals surface area contributed by atoms with Gasteiger partial charge in [-0.05, 0) is 89.6 Å². The minimum absolute atomic E-state index is 0.0217. The number of ketones is 4. The summed E-state index contributed by atoms with van der Waals surface area (Å²) in [7, 11) is 0. The lowest BCUT2D eigenvalue weighted by Crippen LogP contribution is -2.47. The number of likely N-dealkylation sites (tertiary alicyclic amines) is 1. The summed E-state index contributed by atoms with van der Waals surface area (Å²) in [5, 5.41) is 0. The molecule has 278 valence electrons. The molecular weight excluding hydrogens is 697 g/mol. The van der Waals surface area contributed by atoms with Gasteiger partial charge in [0.2, 0.25) is 0 Å². The molecule has 0 saturated carbocycles. The Bertz CT molecular complexity index is 1390. The van der Waals surface area contributed by atoms with Crippen molar-refractivity contribution in [1.82, 2.24) is 9.80 Å². The molecule has 9 heteroatoms. The molecule has 2 fully saturated rings. The molecule has 50 heavy (non-hydrogen) atoms. The molecule has 0 aromatic heterocycles. The number of nitrogens with zero attached hydrogens (tertiary/aromatic N) is 3. The maximum atomic E-state index is 14.9. The van der Waals surface area contributed by atoms with Crippen molar-refractivity contribution in [3.8, 4) is 0 Å². The summed E-state index contributed by atoms with van der Waals surface area (Å²) in [6.45, 7) is 21.2. The number of anilines is 1. The number of carbonyl (C=O) groups is 4. The van der Waals surface area contributed by atoms with Gasteiger partial charge in [0, 0.05) is 85.2 Å². The summed E-state index contributed by atoms with van der Waals surface area (Å²) in [6.07, 6.45) is 11.4. The van der Waals surface area contributed by atoms with Gasteiger partial charge in [-0.15, -0.1) is 0 Å². The second kappa shape index (κ2) is 22.1. The first-order valence-corrected chi connectivity index (χ1v) is 19.3. The van der Waals surface area contributed by atoms with Crippen LogP contribution in [0.25, 0.3) is 0 Å². The normalized spacial score (nSPS) is 17.4. The minimum atomic E-state index is -0.172. The fraction of sp³-hybridized carbons (Fsp3) is 0.610. The third-order valence-corrected chi connectivity index (χ3v) is 10.5. The Morgan fingerprint density at radius 1 is 0.960 bits per heavy atom. The van der Waals surface area contributed by atoms with Crippen LogP contribution in [0.2, 0.25) is 0 Å². The van der Waals surface area contributed by atoms with Crippen molar-refractivity contribution in [3.05, 3.63) is 63.6 Å². The molecule has 0 N–H and O–H groups in total. The quantitative estimate of drug-likeness (QED) is 0.123. The Labute approximate surface area is 309 Å². The van der Waals surface area contributed by atoms with Crippen molar-refractivity contribution >= 4 is 44.8 Å². The molecule has 0 amide bonds. The molecule has 0 radical (unpaired) electrons. The highest BCUT2D eigenvalue weighted by atomic mass is 79.9. The Kier molecular flexibility index (Phi) is 19.1. The highest BCUT2D eigenvalue weighted by Crippen LogP contribution is 2.29. The van der Waals surface area contributed by atoms with E-state index in [0.29, 0.717) is 36.3 Å². The molecule has 0 spiro atoms. The standard InChI is InChI=1S/C32H45BrFN3O2.C9H16O2/c1-6-8-31(30(34)21-26(33)7-2)37-15-12-25(13-16-37)11-14-35-17-19-36(20-18-35)27-9-10-28(24(5)38)29(22-27)32(39)23(3)4;1-4-9(11)6-5-7(2)8(3)10/h7-10,21-23,25H,6,11-20H2,1-5H3;7H,4-6H2,1-3H3/b26-7+,30-21+,31-8-;. The molecule has 0 bridgehead atoms. The van der Waals surface area contributed by atoms with E-state index in [2.05, 4.69) is 37.6 Å². The Morgan fingerprint density at radius 3 is 2.12 bits per heavy atom. The third kappa shape index (κ3) is 14.0. The molecule has 1 atom stereocenters. The maximum Gasteiger partial charge on any atom is 0.166 e. The molecule has 1 aromatic carbocycles. The number of benzene rings is 1. The van der Waals surface area contributed by atoms with E-state index in [0.717, 1.165) is 80.9 Å². The van der Waals surface area contributed by atoms with Crippen LogP contribution in [0.15, 0.2) is 52.4 Å². The smallest absolute Gasteiger partial charge is 0.166 e. The average Bonchev–Trinajstić information content (AvgIpc) is 3.11. The number of Topliss-reactive ketones (excluding diaryl/α,β-unsaturated/α-hetero) is 4. The van der Waals surface area contributed by atoms with Crippen LogP contribution >= 0.6 is 15.9 Å². The Morgan fingerprint density at radius 2 is 1.60 bits per heavy atom. The van der Waals surface area contributed by atoms with E-state index in [1.165, 1.54) is 13.3 Å². The first-order valence-electron chi connectivity index (χ1n) is 18.5. The summed E-state index contributed by atoms with van der Waals surface area (Å²) in [6, 6.07) is 5.71. The van der Waals surface area contributed by atoms with Crippen LogP contribution in [0.3, 0.4) is 0 Å². The lowest BCUT2D eigenvalue weighted by molar-refractivity contribution is -0.121. The zero-order valence-electron chi connectivity index (χ0n) is 31.8. The first-order chi connectivity index (χ1) is 23.7. The number of piperidine rings is 1. The van der Waals surface area contributed by atoms with Crippen LogP contribution in [0.4, 0.5) is 10.1 Å². The topological polar surface area (TPSA) is 78.0 Å². The lowest BCUT2D eigenvalue weighted by Gasteiger charge is -2.38. The van der Waals surface area contributed by atoms with E-state index >= 15 is 0 Å². The van der Waals surface area contributed by atoms with E-state index in [1.54, 1.807) is 13.0 Å². The molecule has 2 aliphatic heterocycles. The number of piperazine rings is 1. The van der Waals surface area contributed by atoms with Gasteiger partial charge in [0.05, 0.1) is 5.70 Å². The van der Waals surface area contributed by atoms with E-state index in [-0.39, 0.29) is 40.8 Å². The van der Waals surface area contributed by atoms with Crippen molar-refractivity contribution in [3.63, 3.8) is 0 Å². The van der Waals surface area contributed by atoms with E-state index in [1.807, 2.05) is 65.0 Å². The largest absolute Gasteiger partial charge is 0.369 e. The Balaban J connectivity index is 0.000000677. The number of hydrogen-bond acceptors (Lipinski definition) is 7. The van der Waals surface area contributed by atoms with E-state index in [9.17, 15) is 23.6 Å². The van der Waals surface area contributed by atoms with Crippen LogP contribution in [0.1, 0.15) is 121 Å². The van der Waals surface area contributed by atoms with Crippen LogP contribution in [0, 0.1) is 17.8 Å². The zero-order chi connectivity index (χ0) is 37.4. The number of rotatable bonds is 16. The lowest BCUT2D eigenvalue weighted by atomic mass is 9.92. The zero-order valence-corrected chi connectivity index (χ0v) is 33.4. The molecule has 0 aliphatic carbocycles. The van der Waals surface area contributed by atoms with Gasteiger partial charge in [0.1, 0.15) is 17.4 Å². The predicted molar refractivity (Wildman–Crippen MR) is 208 cm³/mol. The molecule has 3 rings (SSSR count). The second-order valence-electron chi connectivity index (χ2n) is 14.0. The highest BCUT2D eigenvalue weighted by molar-refractivity contribution is 9.11. The number of carbonyl (C=O) groups excluding carboxylic acids is 4. The highest BCUT2D eigenvalue weighted by Gasteiger charge is 2.25. The summed E-state index contributed by atoms with van der Waals surface area (Å²) in [4.78, 5) is 53.5. The predicted octanol–water partition coefficient (Wildman–Crippen LogP) is 9.37. The van der Waals surface area contributed by atoms with Crippen molar-refractivity contribution in [1.29, 1.82) is 0 Å². The first kappa shape index (κ1) is 43.3. The molecule has 2 saturated heterocycles. The van der Waals surface area contributed by atoms with Gasteiger partial charge in [-0.25, -0.2) is 4.39 Å². The fourth-order valence-electron chi connectivity index (χ4n) is 6.22. The molecule has 7 nitrogen and oxygen atoms in total. The van der Waals surface area contributed by atoms with Crippen molar-refractivity contribution < 1.29 is 23.6 Å². The van der Waals surface area contributed by atoms with Gasteiger partial charge < -0.3 is 9.80 Å². The average molecular weight is 759 g/mol. The van der Waals surface area contributed by atoms with Gasteiger partial charge >= 0.3 is 0 Å². The fourth-order valence-corrected chi connectivity index (χ4v) is 6.42. The van der Waals surface area contributed by atoms with E-state index in [4.69, 9.17) is 0 Å². The van der Waals surface area contributed by atoms with Gasteiger partial charge in [0.15, 0.2) is 11.6 Å². The minimum Gasteiger partial charge on any atom is -0.369 e. The third-order valence-electron chi connectivity index (χ3n) is 9.85. The van der Waals surface area contributed by atoms with Crippen LogP contribution < -0.4 is 4.90 Å². The van der Waals surface area contributed by atoms with Gasteiger partial charge in [0.25, 0.3) is 0 Å². The summed E-state index contributed by atoms with van der Waals surface area (Å²) in [5.74, 6) is 0.773. The summed E-state index contributed by atoms with van der Waals surface area (Å²) < 4.78 is 15.7. The SMILES string of the molecule is CCC(=O)CCC(C)C(C)=O.C\C=C(Br)/C=C(F)\C(=C\CC)N1CCC(CCN2CCN(c3ccc(C(C)=O)c(C(=O)C(C)C)c3)CC2)CC1. The summed E-state index contributed by atoms with van der Waals surface area (Å²) >= 11 is 3.39. The number of allylic oxidation sites excluding steroid dienone is 5. The molecule has 1 unspecified atom stereocenters. The van der Waals surface area contributed by atoms with Gasteiger partial charge in [-0.2, -0.15) is 0 Å². The number of halogens is 2. The Hall–Kier alpha value is -2.91. The summed E-state index contributed by atoms with van der Waals surface area (Å²) in [5.41, 5.74) is 2.81. The number of hydrogen-bond donors (Lipinski definition) is 0. The molecular formula is C41H61BrFN3O4. The van der Waals surface area contributed by atoms with Crippen LogP contribution in [0.5, 0.6) is 0 Å². The van der Waals surface area contributed by atoms with Crippen molar-refractivity contribution in [2.75, 3.05) is 50.7 Å². The second-order valence-corrected chi connectivity index (χ2v) is 14.9. The monoisotopic (exact) mass is 757 g/mol. The van der Waals surface area contributed by atoms with Crippen LogP contribution in [-0.4, -0.2) is 78.7 Å². The van der Waals surface area contributed by atoms with Crippen LogP contribution in [-0.2, 0) is 9.59 Å². The molecule has 1 aromatic rings. The molecule has 2 aliphatic rings. The molecule has 2 heterocycles. The van der Waals surface area contributed by atoms with Crippen molar-refractivity contribution in [2.24, 2.45) is 17.8 Å².